The zero-order chi connectivity index (χ0) is 20.5. The van der Waals surface area contributed by atoms with Crippen molar-refractivity contribution in [2.75, 3.05) is 13.1 Å². The molecule has 0 bridgehead atoms. The van der Waals surface area contributed by atoms with Gasteiger partial charge in [0, 0.05) is 19.5 Å². The average molecular weight is 432 g/mol. The van der Waals surface area contributed by atoms with Crippen molar-refractivity contribution in [2.45, 2.75) is 109 Å². The Bertz CT molecular complexity index is 459. The SMILES string of the molecule is CCCCCCCC/C=C\CCCCCCCC(=O)N1CC[C@H](O[PH](O)=S)C1. The second-order valence-electron chi connectivity index (χ2n) is 7.97. The fourth-order valence-corrected chi connectivity index (χ4v) is 4.58. The number of likely N-dealkylation sites (tertiary alicyclic amines) is 1. The second kappa shape index (κ2) is 17.6. The molecule has 0 aromatic carbocycles. The van der Waals surface area contributed by atoms with E-state index in [0.717, 1.165) is 25.8 Å². The minimum atomic E-state index is -2.07. The van der Waals surface area contributed by atoms with E-state index in [1.54, 1.807) is 0 Å². The molecule has 1 heterocycles. The number of rotatable bonds is 17. The highest BCUT2D eigenvalue weighted by atomic mass is 32.4. The summed E-state index contributed by atoms with van der Waals surface area (Å²) in [5, 5.41) is 0. The van der Waals surface area contributed by atoms with Crippen molar-refractivity contribution in [3.63, 3.8) is 0 Å². The van der Waals surface area contributed by atoms with Crippen LogP contribution >= 0.6 is 7.15 Å². The number of unbranched alkanes of at least 4 members (excludes halogenated alkanes) is 11. The summed E-state index contributed by atoms with van der Waals surface area (Å²) in [6.45, 7) is 3.59. The van der Waals surface area contributed by atoms with Crippen LogP contribution in [0.25, 0.3) is 0 Å². The van der Waals surface area contributed by atoms with E-state index in [1.165, 1.54) is 70.6 Å². The molecule has 0 aliphatic carbocycles. The number of hydrogen-bond donors (Lipinski definition) is 1. The van der Waals surface area contributed by atoms with Crippen molar-refractivity contribution < 1.29 is 14.2 Å². The normalized spacial score (nSPS) is 18.2. The first kappa shape index (κ1) is 25.8. The Morgan fingerprint density at radius 1 is 1.04 bits per heavy atom. The Hall–Kier alpha value is -0.220. The van der Waals surface area contributed by atoms with Gasteiger partial charge in [0.15, 0.2) is 7.15 Å². The van der Waals surface area contributed by atoms with Gasteiger partial charge in [0.1, 0.15) is 0 Å². The third-order valence-electron chi connectivity index (χ3n) is 5.42. The maximum atomic E-state index is 12.2. The van der Waals surface area contributed by atoms with E-state index in [4.69, 9.17) is 16.3 Å². The van der Waals surface area contributed by atoms with Crippen LogP contribution in [0.2, 0.25) is 0 Å². The lowest BCUT2D eigenvalue weighted by atomic mass is 10.1. The Morgan fingerprint density at radius 3 is 2.21 bits per heavy atom. The quantitative estimate of drug-likeness (QED) is 0.171. The molecular weight excluding hydrogens is 389 g/mol. The number of carbonyl (C=O) groups excluding carboxylic acids is 1. The largest absolute Gasteiger partial charge is 0.347 e. The zero-order valence-corrected chi connectivity index (χ0v) is 19.7. The highest BCUT2D eigenvalue weighted by molar-refractivity contribution is 8.00. The molecule has 1 fully saturated rings. The summed E-state index contributed by atoms with van der Waals surface area (Å²) < 4.78 is 5.30. The van der Waals surface area contributed by atoms with E-state index in [-0.39, 0.29) is 12.0 Å². The predicted octanol–water partition coefficient (Wildman–Crippen LogP) is 6.14. The van der Waals surface area contributed by atoms with Crippen molar-refractivity contribution in [1.82, 2.24) is 4.90 Å². The molecule has 0 saturated carbocycles. The first-order chi connectivity index (χ1) is 13.6. The molecule has 1 saturated heterocycles. The molecule has 1 aliphatic heterocycles. The highest BCUT2D eigenvalue weighted by Gasteiger charge is 2.26. The minimum absolute atomic E-state index is 0.0607. The van der Waals surface area contributed by atoms with E-state index >= 15 is 0 Å². The van der Waals surface area contributed by atoms with Crippen molar-refractivity contribution in [1.29, 1.82) is 0 Å². The maximum Gasteiger partial charge on any atom is 0.222 e. The summed E-state index contributed by atoms with van der Waals surface area (Å²) in [7, 11) is -2.07. The van der Waals surface area contributed by atoms with Gasteiger partial charge in [-0.25, -0.2) is 0 Å². The second-order valence-corrected chi connectivity index (χ2v) is 9.78. The van der Waals surface area contributed by atoms with Crippen molar-refractivity contribution >= 4 is 24.9 Å². The number of amides is 1. The van der Waals surface area contributed by atoms with Crippen LogP contribution in [0, 0.1) is 0 Å². The van der Waals surface area contributed by atoms with E-state index in [9.17, 15) is 9.69 Å². The van der Waals surface area contributed by atoms with Gasteiger partial charge in [-0.15, -0.1) is 0 Å². The van der Waals surface area contributed by atoms with Crippen LogP contribution in [0.15, 0.2) is 12.2 Å². The monoisotopic (exact) mass is 431 g/mol. The summed E-state index contributed by atoms with van der Waals surface area (Å²) in [5.74, 6) is 0.222. The average Bonchev–Trinajstić information content (AvgIpc) is 3.12. The van der Waals surface area contributed by atoms with Crippen LogP contribution in [-0.4, -0.2) is 34.9 Å². The fraction of sp³-hybridized carbons (Fsp3) is 0.864. The summed E-state index contributed by atoms with van der Waals surface area (Å²) in [6, 6.07) is 0. The van der Waals surface area contributed by atoms with Gasteiger partial charge in [-0.05, 0) is 50.3 Å². The summed E-state index contributed by atoms with van der Waals surface area (Å²) in [4.78, 5) is 23.2. The van der Waals surface area contributed by atoms with Gasteiger partial charge in [-0.3, -0.25) is 4.79 Å². The Morgan fingerprint density at radius 2 is 1.61 bits per heavy atom. The Kier molecular flexibility index (Phi) is 16.2. The molecule has 4 nitrogen and oxygen atoms in total. The molecule has 0 radical (unpaired) electrons. The number of carbonyl (C=O) groups is 1. The Balaban J connectivity index is 1.87. The van der Waals surface area contributed by atoms with E-state index in [1.807, 2.05) is 4.90 Å². The molecule has 1 amide bonds. The summed E-state index contributed by atoms with van der Waals surface area (Å²) >= 11 is 4.72. The molecule has 28 heavy (non-hydrogen) atoms. The standard InChI is InChI=1S/C22H42NO3PS/c1-2-3-4-5-6-7-8-9-10-11-12-13-14-15-16-17-22(24)23-19-18-21(20-23)26-27(25)28/h9-10,21,27H,2-8,11-20H2,1H3,(H,25,28)/b10-9-/t21-/m0/s1. The predicted molar refractivity (Wildman–Crippen MR) is 123 cm³/mol. The first-order valence-electron chi connectivity index (χ1n) is 11.5. The topological polar surface area (TPSA) is 49.8 Å². The van der Waals surface area contributed by atoms with Gasteiger partial charge in [0.25, 0.3) is 0 Å². The van der Waals surface area contributed by atoms with Crippen LogP contribution in [0.4, 0.5) is 0 Å². The molecule has 0 aromatic rings. The smallest absolute Gasteiger partial charge is 0.222 e. The third-order valence-corrected chi connectivity index (χ3v) is 6.24. The molecule has 2 atom stereocenters. The van der Waals surface area contributed by atoms with Gasteiger partial charge < -0.3 is 14.3 Å². The van der Waals surface area contributed by atoms with Gasteiger partial charge >= 0.3 is 0 Å². The fourth-order valence-electron chi connectivity index (χ4n) is 3.70. The highest BCUT2D eigenvalue weighted by Crippen LogP contribution is 2.25. The van der Waals surface area contributed by atoms with Crippen LogP contribution in [0.1, 0.15) is 103 Å². The molecule has 0 spiro atoms. The number of nitrogens with zero attached hydrogens (tertiary/aromatic N) is 1. The van der Waals surface area contributed by atoms with Gasteiger partial charge in [0.2, 0.25) is 5.91 Å². The van der Waals surface area contributed by atoms with Crippen LogP contribution in [0.5, 0.6) is 0 Å². The lowest BCUT2D eigenvalue weighted by Gasteiger charge is -2.16. The first-order valence-corrected chi connectivity index (χ1v) is 13.9. The van der Waals surface area contributed by atoms with Gasteiger partial charge in [0.05, 0.1) is 6.10 Å². The summed E-state index contributed by atoms with van der Waals surface area (Å²) in [5.41, 5.74) is 0. The van der Waals surface area contributed by atoms with Crippen LogP contribution < -0.4 is 0 Å². The molecule has 164 valence electrons. The Labute approximate surface area is 178 Å². The molecule has 0 aromatic heterocycles. The van der Waals surface area contributed by atoms with Crippen LogP contribution in [-0.2, 0) is 21.1 Å². The van der Waals surface area contributed by atoms with E-state index < -0.39 is 7.15 Å². The molecular formula is C22H42NO3PS. The van der Waals surface area contributed by atoms with Crippen molar-refractivity contribution in [3.8, 4) is 0 Å². The molecule has 1 unspecified atom stereocenters. The molecule has 1 rings (SSSR count). The van der Waals surface area contributed by atoms with Crippen LogP contribution in [0.3, 0.4) is 0 Å². The third kappa shape index (κ3) is 13.9. The van der Waals surface area contributed by atoms with E-state index in [2.05, 4.69) is 19.1 Å². The molecule has 6 heteroatoms. The zero-order valence-electron chi connectivity index (χ0n) is 17.9. The van der Waals surface area contributed by atoms with Gasteiger partial charge in [-0.2, -0.15) is 0 Å². The van der Waals surface area contributed by atoms with Crippen molar-refractivity contribution in [2.24, 2.45) is 0 Å². The maximum absolute atomic E-state index is 12.2. The van der Waals surface area contributed by atoms with E-state index in [0.29, 0.717) is 13.0 Å². The van der Waals surface area contributed by atoms with Crippen molar-refractivity contribution in [3.05, 3.63) is 12.2 Å². The summed E-state index contributed by atoms with van der Waals surface area (Å²) in [6.07, 6.45) is 22.6. The molecule has 1 aliphatic rings. The lowest BCUT2D eigenvalue weighted by molar-refractivity contribution is -0.130. The number of hydrogen-bond acceptors (Lipinski definition) is 3. The number of allylic oxidation sites excluding steroid dienone is 2. The van der Waals surface area contributed by atoms with Gasteiger partial charge in [-0.1, -0.05) is 70.4 Å². The molecule has 1 N–H and O–H groups in total. The minimum Gasteiger partial charge on any atom is -0.347 e. The lowest BCUT2D eigenvalue weighted by Crippen LogP contribution is -2.29.